The highest BCUT2D eigenvalue weighted by atomic mass is 35.5. The van der Waals surface area contributed by atoms with Crippen LogP contribution < -0.4 is 0 Å². The Morgan fingerprint density at radius 1 is 1.38 bits per heavy atom. The largest absolute Gasteiger partial charge is 0.136 e. The van der Waals surface area contributed by atoms with Crippen LogP contribution in [0.5, 0.6) is 0 Å². The first-order chi connectivity index (χ1) is 3.42. The second-order valence-corrected chi connectivity index (χ2v) is 4.16. The van der Waals surface area contributed by atoms with E-state index in [2.05, 4.69) is 0 Å². The lowest BCUT2D eigenvalue weighted by Crippen LogP contribution is -1.98. The molecule has 0 bridgehead atoms. The molecule has 0 aromatic rings. The fourth-order valence-electron chi connectivity index (χ4n) is 0.192. The lowest BCUT2D eigenvalue weighted by Gasteiger charge is -2.03. The maximum atomic E-state index is 5.45. The number of halogens is 4. The van der Waals surface area contributed by atoms with Gasteiger partial charge in [0.15, 0.2) is 0 Å². The Hall–Kier alpha value is 0.900. The first-order valence-electron chi connectivity index (χ1n) is 1.83. The summed E-state index contributed by atoms with van der Waals surface area (Å²) in [6.45, 7) is 1.57. The molecule has 0 nitrogen and oxygen atoms in total. The molecule has 0 N–H and O–H groups in total. The molecule has 4 heteroatoms. The van der Waals surface area contributed by atoms with E-state index in [9.17, 15) is 0 Å². The minimum Gasteiger partial charge on any atom is -0.0972 e. The Morgan fingerprint density at radius 3 is 1.75 bits per heavy atom. The normalized spacial score (nSPS) is 11.1. The van der Waals surface area contributed by atoms with Crippen molar-refractivity contribution in [3.05, 3.63) is 10.6 Å². The topological polar surface area (TPSA) is 0 Å². The second kappa shape index (κ2) is 3.17. The van der Waals surface area contributed by atoms with Crippen LogP contribution in [-0.2, 0) is 0 Å². The molecular weight excluding hydrogens is 190 g/mol. The molecule has 0 radical (unpaired) electrons. The predicted molar refractivity (Wildman–Crippen MR) is 39.9 cm³/mol. The van der Waals surface area contributed by atoms with Crippen LogP contribution in [0, 0.1) is 0 Å². The summed E-state index contributed by atoms with van der Waals surface area (Å²) in [6.07, 6.45) is 1.33. The molecule has 0 amide bonds. The van der Waals surface area contributed by atoms with Gasteiger partial charge in [-0.1, -0.05) is 46.4 Å². The summed E-state index contributed by atoms with van der Waals surface area (Å²) in [4.78, 5) is 0. The molecule has 0 aliphatic rings. The zero-order valence-corrected chi connectivity index (χ0v) is 7.11. The van der Waals surface area contributed by atoms with Crippen molar-refractivity contribution in [3.8, 4) is 0 Å². The molecule has 0 aliphatic heterocycles. The van der Waals surface area contributed by atoms with Crippen LogP contribution in [-0.4, -0.2) is 4.33 Å². The van der Waals surface area contributed by atoms with Gasteiger partial charge in [-0.25, -0.2) is 0 Å². The highest BCUT2D eigenvalue weighted by Crippen LogP contribution is 2.25. The number of hydrogen-bond donors (Lipinski definition) is 0. The molecule has 0 saturated heterocycles. The summed E-state index contributed by atoms with van der Waals surface area (Å²) in [6, 6.07) is 0. The van der Waals surface area contributed by atoms with Gasteiger partial charge in [-0.05, 0) is 13.0 Å². The summed E-state index contributed by atoms with van der Waals surface area (Å²) in [5, 5.41) is 0. The zero-order chi connectivity index (χ0) is 6.78. The van der Waals surface area contributed by atoms with Gasteiger partial charge in [-0.2, -0.15) is 0 Å². The smallest absolute Gasteiger partial charge is 0.0972 e. The third-order valence-corrected chi connectivity index (χ3v) is 0.799. The third-order valence-electron chi connectivity index (χ3n) is 0.363. The molecule has 0 aromatic carbocycles. The minimum absolute atomic E-state index is 0.0810. The van der Waals surface area contributed by atoms with Gasteiger partial charge in [0.05, 0.1) is 0 Å². The van der Waals surface area contributed by atoms with E-state index in [1.54, 1.807) is 6.92 Å². The summed E-state index contributed by atoms with van der Waals surface area (Å²) >= 11 is 21.3. The number of allylic oxidation sites excluding steroid dienone is 1. The number of rotatable bonds is 1. The van der Waals surface area contributed by atoms with Gasteiger partial charge in [0.1, 0.15) is 8.82 Å². The first kappa shape index (κ1) is 8.90. The maximum Gasteiger partial charge on any atom is 0.136 e. The van der Waals surface area contributed by atoms with Gasteiger partial charge in [-0.3, -0.25) is 0 Å². The van der Waals surface area contributed by atoms with Crippen molar-refractivity contribution < 1.29 is 0 Å². The molecule has 0 spiro atoms. The van der Waals surface area contributed by atoms with Gasteiger partial charge in [-0.15, -0.1) is 0 Å². The molecule has 0 atom stereocenters. The van der Waals surface area contributed by atoms with Crippen LogP contribution in [0.15, 0.2) is 10.6 Å². The van der Waals surface area contributed by atoms with Gasteiger partial charge >= 0.3 is 0 Å². The van der Waals surface area contributed by atoms with Crippen molar-refractivity contribution in [1.29, 1.82) is 0 Å². The van der Waals surface area contributed by atoms with E-state index in [1.807, 2.05) is 0 Å². The molecule has 0 heterocycles. The van der Waals surface area contributed by atoms with Gasteiger partial charge in [0.25, 0.3) is 0 Å². The van der Waals surface area contributed by atoms with Crippen molar-refractivity contribution in [2.75, 3.05) is 0 Å². The quantitative estimate of drug-likeness (QED) is 0.560. The van der Waals surface area contributed by atoms with Crippen LogP contribution in [0.4, 0.5) is 0 Å². The van der Waals surface area contributed by atoms with Gasteiger partial charge in [0.2, 0.25) is 0 Å². The van der Waals surface area contributed by atoms with Crippen molar-refractivity contribution in [2.45, 2.75) is 11.3 Å². The standard InChI is InChI=1S/C4H4Cl4/c1-4(7,8)2-3(5)6/h2H,1H3. The van der Waals surface area contributed by atoms with E-state index in [0.717, 1.165) is 0 Å². The SMILES string of the molecule is CC(Cl)(Cl)C=C(Cl)Cl. The Balaban J connectivity index is 3.89. The predicted octanol–water partition coefficient (Wildman–Crippen LogP) is 3.50. The van der Waals surface area contributed by atoms with Gasteiger partial charge in [0, 0.05) is 0 Å². The maximum absolute atomic E-state index is 5.45. The van der Waals surface area contributed by atoms with E-state index < -0.39 is 4.33 Å². The van der Waals surface area contributed by atoms with Crippen LogP contribution in [0.3, 0.4) is 0 Å². The van der Waals surface area contributed by atoms with Gasteiger partial charge < -0.3 is 0 Å². The van der Waals surface area contributed by atoms with Crippen molar-refractivity contribution in [2.24, 2.45) is 0 Å². The second-order valence-electron chi connectivity index (χ2n) is 1.39. The Morgan fingerprint density at radius 2 is 1.75 bits per heavy atom. The summed E-state index contributed by atoms with van der Waals surface area (Å²) < 4.78 is -0.878. The van der Waals surface area contributed by atoms with E-state index in [4.69, 9.17) is 46.4 Å². The Labute approximate surface area is 68.4 Å². The molecule has 8 heavy (non-hydrogen) atoms. The average Bonchev–Trinajstić information content (AvgIpc) is 1.21. The third kappa shape index (κ3) is 6.90. The monoisotopic (exact) mass is 192 g/mol. The fourth-order valence-corrected chi connectivity index (χ4v) is 1.07. The van der Waals surface area contributed by atoms with Crippen molar-refractivity contribution in [1.82, 2.24) is 0 Å². The molecular formula is C4H4Cl4. The highest BCUT2D eigenvalue weighted by Gasteiger charge is 2.11. The van der Waals surface area contributed by atoms with E-state index in [0.29, 0.717) is 0 Å². The molecule has 0 aliphatic carbocycles. The van der Waals surface area contributed by atoms with E-state index in [-0.39, 0.29) is 4.49 Å². The Bertz CT molecular complexity index is 95.1. The summed E-state index contributed by atoms with van der Waals surface area (Å²) in [5.41, 5.74) is 0. The summed E-state index contributed by atoms with van der Waals surface area (Å²) in [5.74, 6) is 0. The molecule has 48 valence electrons. The average molecular weight is 194 g/mol. The van der Waals surface area contributed by atoms with Crippen molar-refractivity contribution >= 4 is 46.4 Å². The lowest BCUT2D eigenvalue weighted by molar-refractivity contribution is 1.12. The lowest BCUT2D eigenvalue weighted by atomic mass is 10.5. The first-order valence-corrected chi connectivity index (χ1v) is 3.35. The highest BCUT2D eigenvalue weighted by molar-refractivity contribution is 6.58. The fraction of sp³-hybridized carbons (Fsp3) is 0.500. The van der Waals surface area contributed by atoms with Crippen LogP contribution >= 0.6 is 46.4 Å². The number of hydrogen-bond acceptors (Lipinski definition) is 0. The van der Waals surface area contributed by atoms with Crippen LogP contribution in [0.25, 0.3) is 0 Å². The van der Waals surface area contributed by atoms with Crippen LogP contribution in [0.1, 0.15) is 6.92 Å². The minimum atomic E-state index is -0.959. The van der Waals surface area contributed by atoms with Crippen LogP contribution in [0.2, 0.25) is 0 Å². The molecule has 0 rings (SSSR count). The molecule has 0 saturated carbocycles. The van der Waals surface area contributed by atoms with E-state index in [1.165, 1.54) is 6.08 Å². The zero-order valence-electron chi connectivity index (χ0n) is 4.09. The molecule has 0 aromatic heterocycles. The molecule has 0 unspecified atom stereocenters. The van der Waals surface area contributed by atoms with Crippen molar-refractivity contribution in [3.63, 3.8) is 0 Å². The van der Waals surface area contributed by atoms with E-state index >= 15 is 0 Å². The summed E-state index contributed by atoms with van der Waals surface area (Å²) in [7, 11) is 0. The number of alkyl halides is 2. The molecule has 0 fully saturated rings. The Kier molecular flexibility index (Phi) is 3.52.